The number of aryl methyl sites for hydroxylation is 1. The normalized spacial score (nSPS) is 10.9. The fourth-order valence-electron chi connectivity index (χ4n) is 3.81. The van der Waals surface area contributed by atoms with Crippen LogP contribution in [0.1, 0.15) is 12.5 Å². The number of hydrogen-bond acceptors (Lipinski definition) is 6. The molecule has 36 heavy (non-hydrogen) atoms. The molecule has 0 radical (unpaired) electrons. The molecule has 0 aliphatic carbocycles. The SMILES string of the molecule is CCn1c(SCC(=O)Nc2cc(-c3ccc(C)cc3)nn2-c2ccccc2)nnc1-c1ccncc1. The molecular weight excluding hydrogens is 470 g/mol. The van der Waals surface area contributed by atoms with Crippen LogP contribution in [0.4, 0.5) is 5.82 Å². The van der Waals surface area contributed by atoms with Crippen molar-refractivity contribution in [2.24, 2.45) is 0 Å². The van der Waals surface area contributed by atoms with E-state index in [4.69, 9.17) is 5.10 Å². The number of thioether (sulfide) groups is 1. The number of carbonyl (C=O) groups is 1. The molecule has 0 saturated heterocycles. The van der Waals surface area contributed by atoms with Gasteiger partial charge in [-0.15, -0.1) is 10.2 Å². The van der Waals surface area contributed by atoms with Gasteiger partial charge in [0.05, 0.1) is 17.1 Å². The molecule has 2 aromatic carbocycles. The molecule has 3 heterocycles. The summed E-state index contributed by atoms with van der Waals surface area (Å²) in [7, 11) is 0. The van der Waals surface area contributed by atoms with Gasteiger partial charge in [0.1, 0.15) is 5.82 Å². The zero-order valence-electron chi connectivity index (χ0n) is 20.0. The molecule has 180 valence electrons. The first kappa shape index (κ1) is 23.5. The topological polar surface area (TPSA) is 90.5 Å². The second-order valence-electron chi connectivity index (χ2n) is 8.15. The van der Waals surface area contributed by atoms with E-state index in [0.717, 1.165) is 28.3 Å². The van der Waals surface area contributed by atoms with Crippen molar-refractivity contribution in [3.63, 3.8) is 0 Å². The summed E-state index contributed by atoms with van der Waals surface area (Å²) in [5.41, 5.74) is 4.76. The highest BCUT2D eigenvalue weighted by molar-refractivity contribution is 7.99. The Hall–Kier alpha value is -4.24. The lowest BCUT2D eigenvalue weighted by Gasteiger charge is -2.09. The molecule has 8 nitrogen and oxygen atoms in total. The highest BCUT2D eigenvalue weighted by atomic mass is 32.2. The van der Waals surface area contributed by atoms with Gasteiger partial charge in [-0.3, -0.25) is 9.78 Å². The number of aromatic nitrogens is 6. The average Bonchev–Trinajstić information content (AvgIpc) is 3.53. The first-order chi connectivity index (χ1) is 17.6. The standard InChI is InChI=1S/C27H25N7OS/c1-3-33-26(21-13-15-28-16-14-21)30-31-27(33)36-18-25(35)29-24-17-23(20-11-9-19(2)10-12-20)32-34(24)22-7-5-4-6-8-22/h4-17H,3,18H2,1-2H3,(H,29,35). The molecule has 5 rings (SSSR count). The minimum atomic E-state index is -0.149. The molecule has 0 unspecified atom stereocenters. The lowest BCUT2D eigenvalue weighted by Crippen LogP contribution is -2.17. The van der Waals surface area contributed by atoms with Gasteiger partial charge < -0.3 is 9.88 Å². The van der Waals surface area contributed by atoms with E-state index in [1.165, 1.54) is 17.3 Å². The molecule has 0 bridgehead atoms. The number of rotatable bonds is 8. The van der Waals surface area contributed by atoms with Crippen molar-refractivity contribution in [1.29, 1.82) is 0 Å². The number of anilines is 1. The van der Waals surface area contributed by atoms with Crippen LogP contribution in [0.3, 0.4) is 0 Å². The fourth-order valence-corrected chi connectivity index (χ4v) is 4.61. The van der Waals surface area contributed by atoms with Gasteiger partial charge in [0.15, 0.2) is 11.0 Å². The van der Waals surface area contributed by atoms with Crippen LogP contribution < -0.4 is 5.32 Å². The quantitative estimate of drug-likeness (QED) is 0.296. The molecule has 3 aromatic heterocycles. The van der Waals surface area contributed by atoms with Gasteiger partial charge in [-0.2, -0.15) is 5.10 Å². The van der Waals surface area contributed by atoms with E-state index in [1.54, 1.807) is 17.1 Å². The largest absolute Gasteiger partial charge is 0.310 e. The number of amides is 1. The summed E-state index contributed by atoms with van der Waals surface area (Å²) < 4.78 is 3.75. The van der Waals surface area contributed by atoms with Crippen LogP contribution in [0.2, 0.25) is 0 Å². The molecule has 0 saturated carbocycles. The Morgan fingerprint density at radius 3 is 2.42 bits per heavy atom. The van der Waals surface area contributed by atoms with Crippen molar-refractivity contribution in [1.82, 2.24) is 29.5 Å². The number of benzene rings is 2. The fraction of sp³-hybridized carbons (Fsp3) is 0.148. The Morgan fingerprint density at radius 2 is 1.69 bits per heavy atom. The van der Waals surface area contributed by atoms with Crippen molar-refractivity contribution in [3.8, 4) is 28.3 Å². The molecule has 9 heteroatoms. The maximum Gasteiger partial charge on any atom is 0.236 e. The van der Waals surface area contributed by atoms with Crippen molar-refractivity contribution in [2.75, 3.05) is 11.1 Å². The summed E-state index contributed by atoms with van der Waals surface area (Å²) >= 11 is 1.35. The second kappa shape index (κ2) is 10.6. The van der Waals surface area contributed by atoms with Crippen LogP contribution in [-0.2, 0) is 11.3 Å². The summed E-state index contributed by atoms with van der Waals surface area (Å²) in [5.74, 6) is 1.40. The van der Waals surface area contributed by atoms with Gasteiger partial charge in [-0.1, -0.05) is 59.8 Å². The number of pyridine rings is 1. The molecule has 0 fully saturated rings. The third-order valence-corrected chi connectivity index (χ3v) is 6.60. The summed E-state index contributed by atoms with van der Waals surface area (Å²) in [5, 5.41) is 17.2. The monoisotopic (exact) mass is 495 g/mol. The van der Waals surface area contributed by atoms with Crippen LogP contribution in [0.15, 0.2) is 90.3 Å². The lowest BCUT2D eigenvalue weighted by molar-refractivity contribution is -0.113. The maximum absolute atomic E-state index is 13.0. The lowest BCUT2D eigenvalue weighted by atomic mass is 10.1. The summed E-state index contributed by atoms with van der Waals surface area (Å²) in [6, 6.07) is 23.6. The Morgan fingerprint density at radius 1 is 0.944 bits per heavy atom. The van der Waals surface area contributed by atoms with Crippen LogP contribution in [0.5, 0.6) is 0 Å². The van der Waals surface area contributed by atoms with E-state index < -0.39 is 0 Å². The van der Waals surface area contributed by atoms with E-state index in [-0.39, 0.29) is 11.7 Å². The number of hydrogen-bond donors (Lipinski definition) is 1. The van der Waals surface area contributed by atoms with Gasteiger partial charge in [0.25, 0.3) is 0 Å². The summed E-state index contributed by atoms with van der Waals surface area (Å²) in [4.78, 5) is 17.1. The van der Waals surface area contributed by atoms with Gasteiger partial charge >= 0.3 is 0 Å². The Labute approximate surface area is 213 Å². The molecule has 0 spiro atoms. The highest BCUT2D eigenvalue weighted by Crippen LogP contribution is 2.27. The van der Waals surface area contributed by atoms with E-state index in [9.17, 15) is 4.79 Å². The molecule has 0 aliphatic heterocycles. The van der Waals surface area contributed by atoms with Gasteiger partial charge in [0, 0.05) is 36.1 Å². The molecule has 0 atom stereocenters. The van der Waals surface area contributed by atoms with Crippen LogP contribution in [0.25, 0.3) is 28.3 Å². The third kappa shape index (κ3) is 5.06. The molecule has 1 amide bonds. The molecule has 5 aromatic rings. The predicted octanol–water partition coefficient (Wildman–Crippen LogP) is 5.25. The predicted molar refractivity (Wildman–Crippen MR) is 142 cm³/mol. The number of carbonyl (C=O) groups excluding carboxylic acids is 1. The molecule has 1 N–H and O–H groups in total. The average molecular weight is 496 g/mol. The van der Waals surface area contributed by atoms with Crippen molar-refractivity contribution in [3.05, 3.63) is 90.8 Å². The maximum atomic E-state index is 13.0. The van der Waals surface area contributed by atoms with Gasteiger partial charge in [-0.25, -0.2) is 4.68 Å². The Balaban J connectivity index is 1.35. The third-order valence-electron chi connectivity index (χ3n) is 5.63. The minimum absolute atomic E-state index is 0.149. The summed E-state index contributed by atoms with van der Waals surface area (Å²) in [6.45, 7) is 4.77. The number of nitrogens with zero attached hydrogens (tertiary/aromatic N) is 6. The zero-order valence-corrected chi connectivity index (χ0v) is 20.8. The van der Waals surface area contributed by atoms with Gasteiger partial charge in [-0.05, 0) is 38.1 Å². The van der Waals surface area contributed by atoms with E-state index in [0.29, 0.717) is 17.5 Å². The van der Waals surface area contributed by atoms with Crippen LogP contribution >= 0.6 is 11.8 Å². The smallest absolute Gasteiger partial charge is 0.236 e. The number of para-hydroxylation sites is 1. The highest BCUT2D eigenvalue weighted by Gasteiger charge is 2.17. The van der Waals surface area contributed by atoms with Crippen LogP contribution in [-0.4, -0.2) is 41.2 Å². The van der Waals surface area contributed by atoms with Crippen molar-refractivity contribution >= 4 is 23.5 Å². The molecular formula is C27H25N7OS. The van der Waals surface area contributed by atoms with Crippen LogP contribution in [0, 0.1) is 6.92 Å². The van der Waals surface area contributed by atoms with E-state index >= 15 is 0 Å². The number of nitrogens with one attached hydrogen (secondary N) is 1. The Bertz CT molecular complexity index is 1460. The molecule has 0 aliphatic rings. The zero-order chi connectivity index (χ0) is 24.9. The first-order valence-electron chi connectivity index (χ1n) is 11.6. The van der Waals surface area contributed by atoms with Crippen molar-refractivity contribution in [2.45, 2.75) is 25.5 Å². The second-order valence-corrected chi connectivity index (χ2v) is 9.09. The summed E-state index contributed by atoms with van der Waals surface area (Å²) in [6.07, 6.45) is 3.45. The van der Waals surface area contributed by atoms with E-state index in [1.807, 2.05) is 72.2 Å². The van der Waals surface area contributed by atoms with Gasteiger partial charge in [0.2, 0.25) is 5.91 Å². The van der Waals surface area contributed by atoms with Crippen molar-refractivity contribution < 1.29 is 4.79 Å². The van der Waals surface area contributed by atoms with E-state index in [2.05, 4.69) is 39.6 Å². The minimum Gasteiger partial charge on any atom is -0.310 e. The Kier molecular flexibility index (Phi) is 6.90. The first-order valence-corrected chi connectivity index (χ1v) is 12.6.